The van der Waals surface area contributed by atoms with E-state index in [1.807, 2.05) is 19.1 Å². The maximum absolute atomic E-state index is 12.9. The first-order chi connectivity index (χ1) is 12.9. The SMILES string of the molecule is CCc1ccc(S(=O)(=O)N2CC[C@@]3(C[C@H]3C(=O)Nc3cccnc3)C2)cc1. The topological polar surface area (TPSA) is 79.4 Å². The van der Waals surface area contributed by atoms with Crippen molar-refractivity contribution in [2.75, 3.05) is 18.4 Å². The third-order valence-electron chi connectivity index (χ3n) is 5.76. The Morgan fingerprint density at radius 1 is 1.30 bits per heavy atom. The van der Waals surface area contributed by atoms with E-state index in [2.05, 4.69) is 10.3 Å². The van der Waals surface area contributed by atoms with Crippen LogP contribution in [0.25, 0.3) is 0 Å². The molecule has 0 radical (unpaired) electrons. The van der Waals surface area contributed by atoms with E-state index in [4.69, 9.17) is 0 Å². The standard InChI is InChI=1S/C20H23N3O3S/c1-2-15-5-7-17(8-6-15)27(25,26)23-11-9-20(14-23)12-18(20)19(24)22-16-4-3-10-21-13-16/h3-8,10,13,18H,2,9,11-12,14H2,1H3,(H,22,24)/t18-,20+/m0/s1. The molecule has 1 amide bonds. The van der Waals surface area contributed by atoms with Gasteiger partial charge in [-0.25, -0.2) is 8.42 Å². The summed E-state index contributed by atoms with van der Waals surface area (Å²) in [5.41, 5.74) is 1.56. The molecule has 1 saturated carbocycles. The fourth-order valence-corrected chi connectivity index (χ4v) is 5.48. The lowest BCUT2D eigenvalue weighted by atomic mass is 10.0. The zero-order valence-electron chi connectivity index (χ0n) is 15.3. The summed E-state index contributed by atoms with van der Waals surface area (Å²) in [4.78, 5) is 16.8. The van der Waals surface area contributed by atoms with Gasteiger partial charge in [0.05, 0.1) is 16.8 Å². The molecule has 2 aliphatic rings. The van der Waals surface area contributed by atoms with Crippen molar-refractivity contribution in [1.29, 1.82) is 0 Å². The highest BCUT2D eigenvalue weighted by Gasteiger charge is 2.62. The third kappa shape index (κ3) is 3.37. The fraction of sp³-hybridized carbons (Fsp3) is 0.400. The van der Waals surface area contributed by atoms with E-state index in [1.54, 1.807) is 36.7 Å². The normalized spacial score (nSPS) is 24.9. The number of pyridine rings is 1. The summed E-state index contributed by atoms with van der Waals surface area (Å²) in [6.45, 7) is 2.92. The van der Waals surface area contributed by atoms with Gasteiger partial charge in [-0.05, 0) is 54.5 Å². The minimum atomic E-state index is -3.51. The van der Waals surface area contributed by atoms with Gasteiger partial charge in [-0.1, -0.05) is 19.1 Å². The van der Waals surface area contributed by atoms with Crippen LogP contribution in [0.3, 0.4) is 0 Å². The number of anilines is 1. The summed E-state index contributed by atoms with van der Waals surface area (Å²) in [7, 11) is -3.51. The van der Waals surface area contributed by atoms with Crippen LogP contribution in [0, 0.1) is 11.3 Å². The summed E-state index contributed by atoms with van der Waals surface area (Å²) >= 11 is 0. The second kappa shape index (κ2) is 6.73. The molecule has 6 nitrogen and oxygen atoms in total. The van der Waals surface area contributed by atoms with E-state index in [0.29, 0.717) is 23.7 Å². The molecule has 1 N–H and O–H groups in total. The molecule has 1 saturated heterocycles. The number of nitrogens with one attached hydrogen (secondary N) is 1. The number of benzene rings is 1. The number of rotatable bonds is 5. The number of aromatic nitrogens is 1. The molecule has 27 heavy (non-hydrogen) atoms. The molecule has 7 heteroatoms. The van der Waals surface area contributed by atoms with Crippen LogP contribution in [-0.4, -0.2) is 36.7 Å². The monoisotopic (exact) mass is 385 g/mol. The van der Waals surface area contributed by atoms with Gasteiger partial charge in [-0.15, -0.1) is 0 Å². The van der Waals surface area contributed by atoms with Gasteiger partial charge in [0.25, 0.3) is 0 Å². The van der Waals surface area contributed by atoms with Gasteiger partial charge < -0.3 is 5.32 Å². The van der Waals surface area contributed by atoms with Crippen molar-refractivity contribution in [3.05, 3.63) is 54.4 Å². The molecular weight excluding hydrogens is 362 g/mol. The fourth-order valence-electron chi connectivity index (χ4n) is 3.94. The minimum absolute atomic E-state index is 0.0467. The van der Waals surface area contributed by atoms with Crippen molar-refractivity contribution in [3.8, 4) is 0 Å². The van der Waals surface area contributed by atoms with E-state index >= 15 is 0 Å². The first kappa shape index (κ1) is 18.1. The van der Waals surface area contributed by atoms with Gasteiger partial charge in [0.1, 0.15) is 0 Å². The highest BCUT2D eigenvalue weighted by molar-refractivity contribution is 7.89. The predicted octanol–water partition coefficient (Wildman–Crippen LogP) is 2.68. The van der Waals surface area contributed by atoms with Crippen molar-refractivity contribution in [3.63, 3.8) is 0 Å². The van der Waals surface area contributed by atoms with Crippen molar-refractivity contribution in [1.82, 2.24) is 9.29 Å². The molecule has 4 rings (SSSR count). The molecule has 1 aliphatic heterocycles. The van der Waals surface area contributed by atoms with Gasteiger partial charge >= 0.3 is 0 Å². The van der Waals surface area contributed by atoms with Gasteiger partial charge in [-0.2, -0.15) is 4.31 Å². The van der Waals surface area contributed by atoms with Gasteiger partial charge in [-0.3, -0.25) is 9.78 Å². The predicted molar refractivity (Wildman–Crippen MR) is 103 cm³/mol. The summed E-state index contributed by atoms with van der Waals surface area (Å²) in [6, 6.07) is 10.6. The van der Waals surface area contributed by atoms with Crippen LogP contribution in [0.1, 0.15) is 25.3 Å². The molecule has 2 heterocycles. The van der Waals surface area contributed by atoms with E-state index in [9.17, 15) is 13.2 Å². The maximum Gasteiger partial charge on any atom is 0.243 e. The number of carbonyl (C=O) groups excluding carboxylic acids is 1. The first-order valence-corrected chi connectivity index (χ1v) is 10.7. The number of nitrogens with zero attached hydrogens (tertiary/aromatic N) is 2. The Hall–Kier alpha value is -2.25. The highest BCUT2D eigenvalue weighted by Crippen LogP contribution is 2.59. The Kier molecular flexibility index (Phi) is 4.52. The molecule has 2 atom stereocenters. The second-order valence-electron chi connectivity index (χ2n) is 7.44. The summed E-state index contributed by atoms with van der Waals surface area (Å²) < 4.78 is 27.4. The molecular formula is C20H23N3O3S. The van der Waals surface area contributed by atoms with Crippen molar-refractivity contribution < 1.29 is 13.2 Å². The van der Waals surface area contributed by atoms with E-state index < -0.39 is 10.0 Å². The lowest BCUT2D eigenvalue weighted by Crippen LogP contribution is -2.30. The Balaban J connectivity index is 1.43. The molecule has 2 aromatic rings. The van der Waals surface area contributed by atoms with Crippen LogP contribution < -0.4 is 5.32 Å². The van der Waals surface area contributed by atoms with Crippen molar-refractivity contribution >= 4 is 21.6 Å². The summed E-state index contributed by atoms with van der Waals surface area (Å²) in [5.74, 6) is -0.185. The summed E-state index contributed by atoms with van der Waals surface area (Å²) in [6.07, 6.45) is 5.60. The molecule has 1 aromatic heterocycles. The van der Waals surface area contributed by atoms with Crippen LogP contribution in [0.15, 0.2) is 53.7 Å². The molecule has 1 spiro atoms. The lowest BCUT2D eigenvalue weighted by Gasteiger charge is -2.17. The Labute approximate surface area is 159 Å². The first-order valence-electron chi connectivity index (χ1n) is 9.25. The highest BCUT2D eigenvalue weighted by atomic mass is 32.2. The average molecular weight is 385 g/mol. The minimum Gasteiger partial charge on any atom is -0.324 e. The smallest absolute Gasteiger partial charge is 0.243 e. The second-order valence-corrected chi connectivity index (χ2v) is 9.37. The van der Waals surface area contributed by atoms with Crippen molar-refractivity contribution in [2.24, 2.45) is 11.3 Å². The third-order valence-corrected chi connectivity index (χ3v) is 7.61. The largest absolute Gasteiger partial charge is 0.324 e. The summed E-state index contributed by atoms with van der Waals surface area (Å²) in [5, 5.41) is 2.88. The zero-order chi connectivity index (χ0) is 19.1. The number of hydrogen-bond donors (Lipinski definition) is 1. The molecule has 1 aromatic carbocycles. The van der Waals surface area contributed by atoms with Gasteiger partial charge in [0.2, 0.25) is 15.9 Å². The molecule has 0 bridgehead atoms. The van der Waals surface area contributed by atoms with Gasteiger partial charge in [0.15, 0.2) is 0 Å². The molecule has 2 fully saturated rings. The van der Waals surface area contributed by atoms with Crippen molar-refractivity contribution in [2.45, 2.75) is 31.1 Å². The molecule has 0 unspecified atom stereocenters. The van der Waals surface area contributed by atoms with E-state index in [-0.39, 0.29) is 17.2 Å². The van der Waals surface area contributed by atoms with Crippen LogP contribution in [-0.2, 0) is 21.2 Å². The molecule has 1 aliphatic carbocycles. The Bertz CT molecular complexity index is 944. The number of aryl methyl sites for hydroxylation is 1. The van der Waals surface area contributed by atoms with Crippen LogP contribution >= 0.6 is 0 Å². The molecule has 142 valence electrons. The lowest BCUT2D eigenvalue weighted by molar-refractivity contribution is -0.118. The van der Waals surface area contributed by atoms with Crippen LogP contribution in [0.4, 0.5) is 5.69 Å². The number of amides is 1. The van der Waals surface area contributed by atoms with E-state index in [0.717, 1.165) is 24.8 Å². The Morgan fingerprint density at radius 3 is 2.74 bits per heavy atom. The number of hydrogen-bond acceptors (Lipinski definition) is 4. The number of sulfonamides is 1. The average Bonchev–Trinajstić information content (AvgIpc) is 3.21. The quantitative estimate of drug-likeness (QED) is 0.858. The van der Waals surface area contributed by atoms with Crippen LogP contribution in [0.2, 0.25) is 0 Å². The maximum atomic E-state index is 12.9. The zero-order valence-corrected chi connectivity index (χ0v) is 16.1. The van der Waals surface area contributed by atoms with Crippen LogP contribution in [0.5, 0.6) is 0 Å². The van der Waals surface area contributed by atoms with E-state index in [1.165, 1.54) is 4.31 Å². The number of carbonyl (C=O) groups is 1. The van der Waals surface area contributed by atoms with Gasteiger partial charge in [0, 0.05) is 25.2 Å². The Morgan fingerprint density at radius 2 is 2.07 bits per heavy atom.